The van der Waals surface area contributed by atoms with Crippen molar-refractivity contribution in [3.05, 3.63) is 71.4 Å². The smallest absolute Gasteiger partial charge is 0.259 e. The largest absolute Gasteiger partial charge is 0.497 e. The van der Waals surface area contributed by atoms with Crippen molar-refractivity contribution in [1.82, 2.24) is 19.9 Å². The van der Waals surface area contributed by atoms with E-state index in [-0.39, 0.29) is 5.91 Å². The Morgan fingerprint density at radius 1 is 1.13 bits per heavy atom. The summed E-state index contributed by atoms with van der Waals surface area (Å²) in [6.07, 6.45) is 1.72. The predicted octanol–water partition coefficient (Wildman–Crippen LogP) is 4.11. The van der Waals surface area contributed by atoms with Gasteiger partial charge in [-0.25, -0.2) is 4.68 Å². The molecule has 2 aromatic carbocycles. The standard InChI is InChI=1S/C22H21N5O3/c1-13-8-9-16(21-23-15(3)30-26-21)10-20(13)27-12-19(14(2)25-27)22(28)24-17-6-5-7-18(11-17)29-4/h5-12H,1-4H3,(H,24,28). The first-order valence-electron chi connectivity index (χ1n) is 9.38. The third-order valence-corrected chi connectivity index (χ3v) is 4.71. The van der Waals surface area contributed by atoms with Crippen LogP contribution in [0.25, 0.3) is 17.1 Å². The zero-order chi connectivity index (χ0) is 21.3. The number of hydrogen-bond donors (Lipinski definition) is 1. The Balaban J connectivity index is 1.64. The number of nitrogens with zero attached hydrogens (tertiary/aromatic N) is 4. The molecule has 30 heavy (non-hydrogen) atoms. The average molecular weight is 403 g/mol. The molecule has 0 bridgehead atoms. The lowest BCUT2D eigenvalue weighted by Crippen LogP contribution is -2.12. The Hall–Kier alpha value is -3.94. The first-order chi connectivity index (χ1) is 14.4. The molecule has 4 rings (SSSR count). The number of hydrogen-bond acceptors (Lipinski definition) is 6. The molecule has 2 aromatic heterocycles. The number of methoxy groups -OCH3 is 1. The molecule has 0 atom stereocenters. The maximum Gasteiger partial charge on any atom is 0.259 e. The number of benzene rings is 2. The minimum absolute atomic E-state index is 0.241. The molecule has 0 unspecified atom stereocenters. The van der Waals surface area contributed by atoms with E-state index in [4.69, 9.17) is 9.26 Å². The van der Waals surface area contributed by atoms with Crippen LogP contribution in [0.2, 0.25) is 0 Å². The van der Waals surface area contributed by atoms with Gasteiger partial charge in [-0.1, -0.05) is 23.4 Å². The van der Waals surface area contributed by atoms with E-state index < -0.39 is 0 Å². The highest BCUT2D eigenvalue weighted by molar-refractivity contribution is 6.05. The molecule has 0 aliphatic rings. The molecule has 0 spiro atoms. The lowest BCUT2D eigenvalue weighted by atomic mass is 10.1. The van der Waals surface area contributed by atoms with Crippen LogP contribution in [-0.2, 0) is 0 Å². The molecule has 8 nitrogen and oxygen atoms in total. The molecule has 2 heterocycles. The fourth-order valence-corrected chi connectivity index (χ4v) is 3.12. The number of nitrogens with one attached hydrogen (secondary N) is 1. The summed E-state index contributed by atoms with van der Waals surface area (Å²) in [4.78, 5) is 17.1. The van der Waals surface area contributed by atoms with Crippen LogP contribution in [-0.4, -0.2) is 32.9 Å². The fourth-order valence-electron chi connectivity index (χ4n) is 3.12. The second-order valence-electron chi connectivity index (χ2n) is 6.90. The summed E-state index contributed by atoms with van der Waals surface area (Å²) in [6.45, 7) is 5.53. The molecule has 0 saturated heterocycles. The van der Waals surface area contributed by atoms with Crippen LogP contribution in [0.5, 0.6) is 5.75 Å². The van der Waals surface area contributed by atoms with Gasteiger partial charge in [-0.3, -0.25) is 4.79 Å². The van der Waals surface area contributed by atoms with E-state index in [0.29, 0.717) is 34.4 Å². The predicted molar refractivity (Wildman–Crippen MR) is 112 cm³/mol. The van der Waals surface area contributed by atoms with Crippen molar-refractivity contribution < 1.29 is 14.1 Å². The maximum absolute atomic E-state index is 12.8. The fraction of sp³-hybridized carbons (Fsp3) is 0.182. The average Bonchev–Trinajstić information content (AvgIpc) is 3.34. The van der Waals surface area contributed by atoms with Gasteiger partial charge in [-0.05, 0) is 37.6 Å². The summed E-state index contributed by atoms with van der Waals surface area (Å²) in [5.74, 6) is 1.44. The molecule has 4 aromatic rings. The normalized spacial score (nSPS) is 10.8. The van der Waals surface area contributed by atoms with Crippen molar-refractivity contribution >= 4 is 11.6 Å². The van der Waals surface area contributed by atoms with Crippen molar-refractivity contribution in [3.8, 4) is 22.8 Å². The minimum atomic E-state index is -0.241. The van der Waals surface area contributed by atoms with Crippen molar-refractivity contribution in [1.29, 1.82) is 0 Å². The van der Waals surface area contributed by atoms with Gasteiger partial charge < -0.3 is 14.6 Å². The highest BCUT2D eigenvalue weighted by Gasteiger charge is 2.17. The SMILES string of the molecule is COc1cccc(NC(=O)c2cn(-c3cc(-c4noc(C)n4)ccc3C)nc2C)c1. The number of rotatable bonds is 5. The lowest BCUT2D eigenvalue weighted by Gasteiger charge is -2.07. The quantitative estimate of drug-likeness (QED) is 0.539. The van der Waals surface area contributed by atoms with Gasteiger partial charge in [0.05, 0.1) is 24.1 Å². The van der Waals surface area contributed by atoms with E-state index in [1.807, 2.05) is 37.3 Å². The summed E-state index contributed by atoms with van der Waals surface area (Å²) >= 11 is 0. The van der Waals surface area contributed by atoms with E-state index in [0.717, 1.165) is 16.8 Å². The summed E-state index contributed by atoms with van der Waals surface area (Å²) in [7, 11) is 1.58. The van der Waals surface area contributed by atoms with E-state index in [2.05, 4.69) is 20.6 Å². The van der Waals surface area contributed by atoms with Gasteiger partial charge in [0.1, 0.15) is 5.75 Å². The number of carbonyl (C=O) groups is 1. The Labute approximate surface area is 173 Å². The highest BCUT2D eigenvalue weighted by atomic mass is 16.5. The highest BCUT2D eigenvalue weighted by Crippen LogP contribution is 2.24. The molecule has 1 N–H and O–H groups in total. The summed E-state index contributed by atoms with van der Waals surface area (Å²) in [5, 5.41) is 11.4. The Bertz CT molecular complexity index is 1230. The summed E-state index contributed by atoms with van der Waals surface area (Å²) in [5.41, 5.74) is 4.40. The topological polar surface area (TPSA) is 95.1 Å². The molecule has 0 saturated carbocycles. The first-order valence-corrected chi connectivity index (χ1v) is 9.38. The number of amides is 1. The molecule has 152 valence electrons. The van der Waals surface area contributed by atoms with E-state index >= 15 is 0 Å². The molecule has 0 fully saturated rings. The molecule has 0 radical (unpaired) electrons. The Morgan fingerprint density at radius 3 is 2.70 bits per heavy atom. The zero-order valence-corrected chi connectivity index (χ0v) is 17.1. The number of anilines is 1. The monoisotopic (exact) mass is 403 g/mol. The van der Waals surface area contributed by atoms with Crippen molar-refractivity contribution in [2.45, 2.75) is 20.8 Å². The van der Waals surface area contributed by atoms with Gasteiger partial charge in [0.2, 0.25) is 11.7 Å². The molecule has 1 amide bonds. The molecule has 0 aliphatic carbocycles. The number of aromatic nitrogens is 4. The Morgan fingerprint density at radius 2 is 1.97 bits per heavy atom. The minimum Gasteiger partial charge on any atom is -0.497 e. The molecular weight excluding hydrogens is 382 g/mol. The van der Waals surface area contributed by atoms with Gasteiger partial charge in [-0.15, -0.1) is 0 Å². The second kappa shape index (κ2) is 7.82. The zero-order valence-electron chi connectivity index (χ0n) is 17.1. The van der Waals surface area contributed by atoms with E-state index in [1.165, 1.54) is 0 Å². The van der Waals surface area contributed by atoms with Gasteiger partial charge in [0, 0.05) is 30.4 Å². The van der Waals surface area contributed by atoms with Crippen LogP contribution in [0.15, 0.2) is 53.2 Å². The van der Waals surface area contributed by atoms with Crippen LogP contribution >= 0.6 is 0 Å². The van der Waals surface area contributed by atoms with Crippen LogP contribution in [0.3, 0.4) is 0 Å². The molecule has 8 heteroatoms. The van der Waals surface area contributed by atoms with Crippen LogP contribution < -0.4 is 10.1 Å². The molecule has 0 aliphatic heterocycles. The van der Waals surface area contributed by atoms with Gasteiger partial charge in [-0.2, -0.15) is 10.1 Å². The number of carbonyl (C=O) groups excluding carboxylic acids is 1. The van der Waals surface area contributed by atoms with Crippen molar-refractivity contribution in [2.24, 2.45) is 0 Å². The van der Waals surface area contributed by atoms with Crippen LogP contribution in [0.1, 0.15) is 27.5 Å². The number of aryl methyl sites for hydroxylation is 3. The van der Waals surface area contributed by atoms with E-state index in [9.17, 15) is 4.79 Å². The summed E-state index contributed by atoms with van der Waals surface area (Å²) in [6, 6.07) is 13.0. The second-order valence-corrected chi connectivity index (χ2v) is 6.90. The first kappa shape index (κ1) is 19.4. The number of ether oxygens (including phenoxy) is 1. The third-order valence-electron chi connectivity index (χ3n) is 4.71. The lowest BCUT2D eigenvalue weighted by molar-refractivity contribution is 0.102. The van der Waals surface area contributed by atoms with Gasteiger partial charge >= 0.3 is 0 Å². The Kier molecular flexibility index (Phi) is 5.05. The van der Waals surface area contributed by atoms with Crippen LogP contribution in [0, 0.1) is 20.8 Å². The van der Waals surface area contributed by atoms with Gasteiger partial charge in [0.25, 0.3) is 5.91 Å². The van der Waals surface area contributed by atoms with Crippen molar-refractivity contribution in [2.75, 3.05) is 12.4 Å². The van der Waals surface area contributed by atoms with Crippen molar-refractivity contribution in [3.63, 3.8) is 0 Å². The van der Waals surface area contributed by atoms with Gasteiger partial charge in [0.15, 0.2) is 0 Å². The van der Waals surface area contributed by atoms with E-state index in [1.54, 1.807) is 44.0 Å². The molecular formula is C22H21N5O3. The maximum atomic E-state index is 12.8. The third kappa shape index (κ3) is 3.80. The summed E-state index contributed by atoms with van der Waals surface area (Å²) < 4.78 is 12.0. The van der Waals surface area contributed by atoms with Crippen LogP contribution in [0.4, 0.5) is 5.69 Å².